The van der Waals surface area contributed by atoms with Gasteiger partial charge in [-0.2, -0.15) is 6.42 Å². The van der Waals surface area contributed by atoms with Crippen LogP contribution in [0.15, 0.2) is 0 Å². The van der Waals surface area contributed by atoms with E-state index in [4.69, 9.17) is 9.47 Å². The Kier molecular flexibility index (Phi) is 11.4. The van der Waals surface area contributed by atoms with Crippen molar-refractivity contribution in [1.29, 1.82) is 0 Å². The fourth-order valence-electron chi connectivity index (χ4n) is 0.741. The molecule has 1 rings (SSSR count). The van der Waals surface area contributed by atoms with E-state index in [1.54, 1.807) is 0 Å². The zero-order valence-corrected chi connectivity index (χ0v) is 9.01. The number of ether oxygens (including phenoxy) is 2. The molecule has 56 valence electrons. The minimum absolute atomic E-state index is 0. The Labute approximate surface area is 88.6 Å². The molecule has 1 aliphatic heterocycles. The molecule has 0 saturated carbocycles. The fourth-order valence-corrected chi connectivity index (χ4v) is 0.741. The quantitative estimate of drug-likeness (QED) is 0.381. The van der Waals surface area contributed by atoms with Gasteiger partial charge in [0.1, 0.15) is 0 Å². The fraction of sp³-hybridized carbons (Fsp3) is 0.833. The summed E-state index contributed by atoms with van der Waals surface area (Å²) >= 11 is 0. The minimum atomic E-state index is 0. The van der Waals surface area contributed by atoms with E-state index in [0.29, 0.717) is 0 Å². The van der Waals surface area contributed by atoms with Crippen molar-refractivity contribution in [3.05, 3.63) is 6.92 Å². The van der Waals surface area contributed by atoms with Gasteiger partial charge in [-0.3, -0.25) is 0 Å². The van der Waals surface area contributed by atoms with Gasteiger partial charge in [0.05, 0.1) is 13.2 Å². The first-order valence-corrected chi connectivity index (χ1v) is 2.96. The van der Waals surface area contributed by atoms with Crippen molar-refractivity contribution in [1.82, 2.24) is 0 Å². The molecule has 0 amide bonds. The normalized spacial score (nSPS) is 17.7. The first kappa shape index (κ1) is 13.7. The first-order valence-electron chi connectivity index (χ1n) is 2.96. The second-order valence-corrected chi connectivity index (χ2v) is 1.81. The van der Waals surface area contributed by atoms with Gasteiger partial charge in [-0.15, -0.1) is 0 Å². The van der Waals surface area contributed by atoms with E-state index >= 15 is 0 Å². The van der Waals surface area contributed by atoms with Crippen LogP contribution in [0.25, 0.3) is 0 Å². The molecule has 0 aliphatic carbocycles. The maximum atomic E-state index is 5.13. The second kappa shape index (κ2) is 8.26. The van der Waals surface area contributed by atoms with Gasteiger partial charge in [-0.05, 0) is 6.42 Å². The van der Waals surface area contributed by atoms with Gasteiger partial charge < -0.3 is 33.4 Å². The standard InChI is InChI=1S/C6H11O2.BrH.Mg/c1-2-3-6-7-4-5-8-6;;/h6H,1-5H2;1H;/q-1;;+2/p-1. The summed E-state index contributed by atoms with van der Waals surface area (Å²) in [4.78, 5) is 0. The van der Waals surface area contributed by atoms with Crippen molar-refractivity contribution < 1.29 is 26.5 Å². The van der Waals surface area contributed by atoms with Crippen LogP contribution in [-0.2, 0) is 9.47 Å². The number of hydrogen-bond donors (Lipinski definition) is 0. The molecule has 0 aromatic carbocycles. The second-order valence-electron chi connectivity index (χ2n) is 1.81. The molecular formula is C6H11BrMgO2. The summed E-state index contributed by atoms with van der Waals surface area (Å²) in [6.07, 6.45) is 1.87. The largest absolute Gasteiger partial charge is 2.00 e. The van der Waals surface area contributed by atoms with Gasteiger partial charge in [0, 0.05) is 0 Å². The third-order valence-corrected chi connectivity index (χ3v) is 1.13. The van der Waals surface area contributed by atoms with Crippen molar-refractivity contribution in [3.63, 3.8) is 0 Å². The van der Waals surface area contributed by atoms with Crippen molar-refractivity contribution in [2.24, 2.45) is 0 Å². The van der Waals surface area contributed by atoms with Crippen LogP contribution in [0, 0.1) is 6.92 Å². The maximum Gasteiger partial charge on any atom is 2.00 e. The molecule has 0 N–H and O–H groups in total. The molecule has 1 aliphatic rings. The van der Waals surface area contributed by atoms with Crippen LogP contribution in [0.1, 0.15) is 12.8 Å². The van der Waals surface area contributed by atoms with Gasteiger partial charge in [0.25, 0.3) is 0 Å². The van der Waals surface area contributed by atoms with Gasteiger partial charge >= 0.3 is 23.1 Å². The molecule has 0 unspecified atom stereocenters. The van der Waals surface area contributed by atoms with E-state index in [2.05, 4.69) is 6.92 Å². The van der Waals surface area contributed by atoms with E-state index in [1.807, 2.05) is 0 Å². The smallest absolute Gasteiger partial charge is 1.00 e. The number of rotatable bonds is 2. The summed E-state index contributed by atoms with van der Waals surface area (Å²) in [5.74, 6) is 0. The van der Waals surface area contributed by atoms with Gasteiger partial charge in [-0.1, -0.05) is 0 Å². The molecule has 1 saturated heterocycles. The van der Waals surface area contributed by atoms with E-state index < -0.39 is 0 Å². The molecular weight excluding hydrogens is 208 g/mol. The molecule has 2 nitrogen and oxygen atoms in total. The van der Waals surface area contributed by atoms with Crippen LogP contribution in [-0.4, -0.2) is 42.6 Å². The van der Waals surface area contributed by atoms with Crippen LogP contribution in [0.2, 0.25) is 0 Å². The SMILES string of the molecule is [Br-].[CH2-]CCC1OCCO1.[Mg+2]. The molecule has 0 aromatic rings. The molecule has 0 aromatic heterocycles. The van der Waals surface area contributed by atoms with E-state index in [9.17, 15) is 0 Å². The van der Waals surface area contributed by atoms with Crippen LogP contribution >= 0.6 is 0 Å². The van der Waals surface area contributed by atoms with Crippen molar-refractivity contribution in [2.75, 3.05) is 13.2 Å². The predicted octanol–water partition coefficient (Wildman–Crippen LogP) is -2.40. The van der Waals surface area contributed by atoms with E-state index in [1.165, 1.54) is 0 Å². The summed E-state index contributed by atoms with van der Waals surface area (Å²) in [6, 6.07) is 0. The average molecular weight is 219 g/mol. The van der Waals surface area contributed by atoms with Gasteiger partial charge in [0.15, 0.2) is 6.29 Å². The predicted molar refractivity (Wildman–Crippen MR) is 36.0 cm³/mol. The van der Waals surface area contributed by atoms with E-state index in [-0.39, 0.29) is 46.3 Å². The van der Waals surface area contributed by atoms with Crippen molar-refractivity contribution >= 4 is 23.1 Å². The summed E-state index contributed by atoms with van der Waals surface area (Å²) < 4.78 is 10.3. The molecule has 1 fully saturated rings. The zero-order chi connectivity index (χ0) is 5.82. The molecule has 0 atom stereocenters. The Hall–Kier alpha value is 1.17. The van der Waals surface area contributed by atoms with Crippen molar-refractivity contribution in [2.45, 2.75) is 19.1 Å². The van der Waals surface area contributed by atoms with Gasteiger partial charge in [0.2, 0.25) is 0 Å². The minimum Gasteiger partial charge on any atom is -1.00 e. The van der Waals surface area contributed by atoms with Crippen molar-refractivity contribution in [3.8, 4) is 0 Å². The Morgan fingerprint density at radius 3 is 2.20 bits per heavy atom. The summed E-state index contributed by atoms with van der Waals surface area (Å²) in [5, 5.41) is 0. The van der Waals surface area contributed by atoms with Gasteiger partial charge in [-0.25, -0.2) is 0 Å². The maximum absolute atomic E-state index is 5.13. The first-order chi connectivity index (χ1) is 3.93. The van der Waals surface area contributed by atoms with E-state index in [0.717, 1.165) is 26.1 Å². The Morgan fingerprint density at radius 1 is 1.30 bits per heavy atom. The number of hydrogen-bond acceptors (Lipinski definition) is 2. The summed E-state index contributed by atoms with van der Waals surface area (Å²) in [7, 11) is 0. The summed E-state index contributed by atoms with van der Waals surface area (Å²) in [5.41, 5.74) is 0. The van der Waals surface area contributed by atoms with Crippen LogP contribution in [0.5, 0.6) is 0 Å². The molecule has 1 heterocycles. The Morgan fingerprint density at radius 2 is 1.80 bits per heavy atom. The molecule has 0 bridgehead atoms. The molecule has 4 heteroatoms. The third kappa shape index (κ3) is 4.90. The molecule has 10 heavy (non-hydrogen) atoms. The topological polar surface area (TPSA) is 18.5 Å². The number of halogens is 1. The molecule has 0 radical (unpaired) electrons. The zero-order valence-electron chi connectivity index (χ0n) is 6.01. The van der Waals surface area contributed by atoms with Crippen LogP contribution < -0.4 is 17.0 Å². The summed E-state index contributed by atoms with van der Waals surface area (Å²) in [6.45, 7) is 5.20. The van der Waals surface area contributed by atoms with Crippen LogP contribution in [0.4, 0.5) is 0 Å². The average Bonchev–Trinajstić information content (AvgIpc) is 2.19. The van der Waals surface area contributed by atoms with Crippen LogP contribution in [0.3, 0.4) is 0 Å². The third-order valence-electron chi connectivity index (χ3n) is 1.13. The Bertz CT molecular complexity index is 66.8. The monoisotopic (exact) mass is 218 g/mol. The Balaban J connectivity index is 0. The molecule has 0 spiro atoms.